The van der Waals surface area contributed by atoms with Crippen molar-refractivity contribution in [1.29, 1.82) is 0 Å². The zero-order chi connectivity index (χ0) is 15.5. The molecule has 0 spiro atoms. The molecule has 120 valence electrons. The van der Waals surface area contributed by atoms with Gasteiger partial charge in [-0.15, -0.1) is 0 Å². The summed E-state index contributed by atoms with van der Waals surface area (Å²) >= 11 is 3.57. The van der Waals surface area contributed by atoms with E-state index >= 15 is 0 Å². The minimum atomic E-state index is 0.423. The molecule has 1 aromatic rings. The van der Waals surface area contributed by atoms with Crippen LogP contribution in [0.1, 0.15) is 37.8 Å². The van der Waals surface area contributed by atoms with Gasteiger partial charge >= 0.3 is 0 Å². The summed E-state index contributed by atoms with van der Waals surface area (Å²) < 4.78 is 6.26. The molecule has 0 fully saturated rings. The predicted molar refractivity (Wildman–Crippen MR) is 93.8 cm³/mol. The molecule has 1 aromatic carbocycles. The van der Waals surface area contributed by atoms with Crippen molar-refractivity contribution in [2.45, 2.75) is 32.2 Å². The number of methoxy groups -OCH3 is 1. The third kappa shape index (κ3) is 7.96. The molecule has 0 aromatic heterocycles. The number of hydrogen-bond acceptors (Lipinski definition) is 3. The summed E-state index contributed by atoms with van der Waals surface area (Å²) in [5.74, 6) is 0. The van der Waals surface area contributed by atoms with Crippen molar-refractivity contribution in [1.82, 2.24) is 10.2 Å². The quantitative estimate of drug-likeness (QED) is 0.609. The molecule has 0 aliphatic heterocycles. The van der Waals surface area contributed by atoms with Gasteiger partial charge in [-0.1, -0.05) is 35.0 Å². The standard InChI is InChI=1S/C17H29BrN2O/c1-4-10-19-17(15-7-5-8-16(18)14-15)9-12-20(2)11-6-13-21-3/h5,7-8,14,17,19H,4,6,9-13H2,1-3H3. The maximum Gasteiger partial charge on any atom is 0.0474 e. The Morgan fingerprint density at radius 1 is 1.33 bits per heavy atom. The lowest BCUT2D eigenvalue weighted by atomic mass is 10.0. The van der Waals surface area contributed by atoms with Gasteiger partial charge in [0.05, 0.1) is 0 Å². The van der Waals surface area contributed by atoms with Crippen LogP contribution < -0.4 is 5.32 Å². The summed E-state index contributed by atoms with van der Waals surface area (Å²) in [7, 11) is 3.95. The Kier molecular flexibility index (Phi) is 9.92. The van der Waals surface area contributed by atoms with Gasteiger partial charge in [0.15, 0.2) is 0 Å². The smallest absolute Gasteiger partial charge is 0.0474 e. The molecule has 0 amide bonds. The minimum absolute atomic E-state index is 0.423. The summed E-state index contributed by atoms with van der Waals surface area (Å²) in [6, 6.07) is 9.05. The van der Waals surface area contributed by atoms with Crippen LogP contribution in [0.4, 0.5) is 0 Å². The Hall–Kier alpha value is -0.420. The molecule has 21 heavy (non-hydrogen) atoms. The van der Waals surface area contributed by atoms with Gasteiger partial charge in [-0.05, 0) is 57.1 Å². The number of nitrogens with one attached hydrogen (secondary N) is 1. The highest BCUT2D eigenvalue weighted by Gasteiger charge is 2.12. The lowest BCUT2D eigenvalue weighted by Crippen LogP contribution is -2.28. The topological polar surface area (TPSA) is 24.5 Å². The molecule has 0 aliphatic rings. The van der Waals surface area contributed by atoms with Gasteiger partial charge in [-0.2, -0.15) is 0 Å². The Bertz CT molecular complexity index is 387. The summed E-state index contributed by atoms with van der Waals surface area (Å²) in [4.78, 5) is 2.39. The first-order valence-corrected chi connectivity index (χ1v) is 8.63. The number of rotatable bonds is 11. The van der Waals surface area contributed by atoms with Crippen LogP contribution in [-0.2, 0) is 4.74 Å². The Morgan fingerprint density at radius 2 is 2.14 bits per heavy atom. The second kappa shape index (κ2) is 11.2. The second-order valence-corrected chi connectivity index (χ2v) is 6.42. The first-order chi connectivity index (χ1) is 10.2. The molecular formula is C17H29BrN2O. The Balaban J connectivity index is 2.50. The number of benzene rings is 1. The summed E-state index contributed by atoms with van der Waals surface area (Å²) in [5, 5.41) is 3.66. The van der Waals surface area contributed by atoms with E-state index in [1.165, 1.54) is 5.56 Å². The SMILES string of the molecule is CCCNC(CCN(C)CCCOC)c1cccc(Br)c1. The Morgan fingerprint density at radius 3 is 2.81 bits per heavy atom. The van der Waals surface area contributed by atoms with E-state index in [1.54, 1.807) is 7.11 Å². The number of hydrogen-bond donors (Lipinski definition) is 1. The lowest BCUT2D eigenvalue weighted by molar-refractivity contribution is 0.178. The highest BCUT2D eigenvalue weighted by Crippen LogP contribution is 2.21. The average Bonchev–Trinajstić information content (AvgIpc) is 2.47. The second-order valence-electron chi connectivity index (χ2n) is 5.50. The van der Waals surface area contributed by atoms with Gasteiger partial charge in [-0.3, -0.25) is 0 Å². The van der Waals surface area contributed by atoms with E-state index in [9.17, 15) is 0 Å². The molecule has 4 heteroatoms. The van der Waals surface area contributed by atoms with Gasteiger partial charge in [-0.25, -0.2) is 0 Å². The van der Waals surface area contributed by atoms with Gasteiger partial charge in [0.1, 0.15) is 0 Å². The molecule has 0 heterocycles. The number of ether oxygens (including phenoxy) is 1. The van der Waals surface area contributed by atoms with Crippen LogP contribution in [0.15, 0.2) is 28.7 Å². The highest BCUT2D eigenvalue weighted by molar-refractivity contribution is 9.10. The van der Waals surface area contributed by atoms with E-state index in [0.29, 0.717) is 6.04 Å². The van der Waals surface area contributed by atoms with Crippen LogP contribution in [0.2, 0.25) is 0 Å². The molecule has 1 N–H and O–H groups in total. The maximum atomic E-state index is 5.11. The number of nitrogens with zero attached hydrogens (tertiary/aromatic N) is 1. The number of halogens is 1. The Labute approximate surface area is 138 Å². The molecule has 0 bridgehead atoms. The van der Waals surface area contributed by atoms with E-state index in [4.69, 9.17) is 4.74 Å². The zero-order valence-electron chi connectivity index (χ0n) is 13.6. The molecule has 0 saturated heterocycles. The molecule has 1 unspecified atom stereocenters. The van der Waals surface area contributed by atoms with Crippen LogP contribution in [0.3, 0.4) is 0 Å². The summed E-state index contributed by atoms with van der Waals surface area (Å²) in [6.07, 6.45) is 3.38. The van der Waals surface area contributed by atoms with Crippen molar-refractivity contribution in [3.63, 3.8) is 0 Å². The molecule has 0 radical (unpaired) electrons. The van der Waals surface area contributed by atoms with E-state index in [2.05, 4.69) is 64.4 Å². The minimum Gasteiger partial charge on any atom is -0.385 e. The fourth-order valence-corrected chi connectivity index (χ4v) is 2.79. The van der Waals surface area contributed by atoms with E-state index in [0.717, 1.165) is 50.0 Å². The van der Waals surface area contributed by atoms with Crippen LogP contribution in [0.25, 0.3) is 0 Å². The van der Waals surface area contributed by atoms with Crippen molar-refractivity contribution in [3.05, 3.63) is 34.3 Å². The van der Waals surface area contributed by atoms with Gasteiger partial charge < -0.3 is 15.0 Å². The van der Waals surface area contributed by atoms with E-state index in [1.807, 2.05) is 0 Å². The molecule has 1 atom stereocenters. The van der Waals surface area contributed by atoms with Crippen molar-refractivity contribution in [2.75, 3.05) is 40.4 Å². The van der Waals surface area contributed by atoms with Crippen LogP contribution in [0, 0.1) is 0 Å². The van der Waals surface area contributed by atoms with Crippen molar-refractivity contribution >= 4 is 15.9 Å². The molecule has 0 saturated carbocycles. The monoisotopic (exact) mass is 356 g/mol. The summed E-state index contributed by atoms with van der Waals surface area (Å²) in [5.41, 5.74) is 1.36. The van der Waals surface area contributed by atoms with Crippen LogP contribution in [-0.4, -0.2) is 45.3 Å². The van der Waals surface area contributed by atoms with Gasteiger partial charge in [0.2, 0.25) is 0 Å². The third-order valence-electron chi connectivity index (χ3n) is 3.58. The molecular weight excluding hydrogens is 328 g/mol. The third-order valence-corrected chi connectivity index (χ3v) is 4.07. The van der Waals surface area contributed by atoms with E-state index in [-0.39, 0.29) is 0 Å². The molecule has 3 nitrogen and oxygen atoms in total. The van der Waals surface area contributed by atoms with E-state index < -0.39 is 0 Å². The van der Waals surface area contributed by atoms with Crippen molar-refractivity contribution in [2.24, 2.45) is 0 Å². The maximum absolute atomic E-state index is 5.11. The normalized spacial score (nSPS) is 12.8. The fourth-order valence-electron chi connectivity index (χ4n) is 2.37. The van der Waals surface area contributed by atoms with Gasteiger partial charge in [0.25, 0.3) is 0 Å². The first-order valence-electron chi connectivity index (χ1n) is 7.83. The highest BCUT2D eigenvalue weighted by atomic mass is 79.9. The van der Waals surface area contributed by atoms with Crippen molar-refractivity contribution < 1.29 is 4.74 Å². The zero-order valence-corrected chi connectivity index (χ0v) is 15.2. The van der Waals surface area contributed by atoms with Crippen LogP contribution in [0.5, 0.6) is 0 Å². The fraction of sp³-hybridized carbons (Fsp3) is 0.647. The first kappa shape index (κ1) is 18.6. The molecule has 0 aliphatic carbocycles. The average molecular weight is 357 g/mol. The summed E-state index contributed by atoms with van der Waals surface area (Å²) in [6.45, 7) is 6.30. The van der Waals surface area contributed by atoms with Crippen LogP contribution >= 0.6 is 15.9 Å². The predicted octanol–water partition coefficient (Wildman–Crippen LogP) is 3.85. The molecule has 1 rings (SSSR count). The lowest BCUT2D eigenvalue weighted by Gasteiger charge is -2.23. The van der Waals surface area contributed by atoms with Gasteiger partial charge in [0, 0.05) is 30.8 Å². The van der Waals surface area contributed by atoms with Crippen molar-refractivity contribution in [3.8, 4) is 0 Å². The largest absolute Gasteiger partial charge is 0.385 e.